The molecule has 0 unspecified atom stereocenters. The highest BCUT2D eigenvalue weighted by Crippen LogP contribution is 2.32. The smallest absolute Gasteiger partial charge is 0.452 e. The standard InChI is InChI=1S/C17H12Cl2F3NO4/c1-9-2-7-12(18)15(14(9)19)23-13(24)8-26-16(25)10-3-5-11(6-4-10)27-17(20,21)22/h2-7H,8H2,1H3,(H,23,24). The summed E-state index contributed by atoms with van der Waals surface area (Å²) in [5, 5.41) is 2.90. The van der Waals surface area contributed by atoms with E-state index in [1.807, 2.05) is 0 Å². The zero-order chi connectivity index (χ0) is 20.2. The Hall–Kier alpha value is -2.45. The number of hydrogen-bond acceptors (Lipinski definition) is 4. The molecule has 0 spiro atoms. The molecule has 0 atom stereocenters. The van der Waals surface area contributed by atoms with Crippen LogP contribution in [-0.2, 0) is 9.53 Å². The maximum atomic E-state index is 12.1. The normalized spacial score (nSPS) is 11.0. The molecule has 0 heterocycles. The second-order valence-corrected chi connectivity index (χ2v) is 6.03. The number of benzene rings is 2. The van der Waals surface area contributed by atoms with Crippen molar-refractivity contribution in [1.82, 2.24) is 0 Å². The highest BCUT2D eigenvalue weighted by atomic mass is 35.5. The molecule has 0 aliphatic carbocycles. The Kier molecular flexibility index (Phi) is 6.56. The summed E-state index contributed by atoms with van der Waals surface area (Å²) in [5.41, 5.74) is 0.825. The molecule has 1 amide bonds. The lowest BCUT2D eigenvalue weighted by Gasteiger charge is -2.11. The first-order valence-corrected chi connectivity index (χ1v) is 8.10. The third kappa shape index (κ3) is 6.04. The molecule has 27 heavy (non-hydrogen) atoms. The van der Waals surface area contributed by atoms with Gasteiger partial charge in [0.2, 0.25) is 0 Å². The van der Waals surface area contributed by atoms with Crippen LogP contribution >= 0.6 is 23.2 Å². The van der Waals surface area contributed by atoms with E-state index in [1.165, 1.54) is 0 Å². The van der Waals surface area contributed by atoms with Crippen LogP contribution in [0.15, 0.2) is 36.4 Å². The lowest BCUT2D eigenvalue weighted by atomic mass is 10.2. The fourth-order valence-corrected chi connectivity index (χ4v) is 2.42. The first-order valence-electron chi connectivity index (χ1n) is 7.34. The molecule has 0 aliphatic rings. The van der Waals surface area contributed by atoms with Crippen molar-refractivity contribution in [1.29, 1.82) is 0 Å². The monoisotopic (exact) mass is 421 g/mol. The number of amides is 1. The molecule has 0 aromatic heterocycles. The molecule has 0 saturated carbocycles. The fourth-order valence-electron chi connectivity index (χ4n) is 1.95. The first kappa shape index (κ1) is 20.9. The largest absolute Gasteiger partial charge is 0.573 e. The van der Waals surface area contributed by atoms with Gasteiger partial charge in [0.15, 0.2) is 6.61 Å². The fraction of sp³-hybridized carbons (Fsp3) is 0.176. The number of ether oxygens (including phenoxy) is 2. The van der Waals surface area contributed by atoms with E-state index >= 15 is 0 Å². The number of hydrogen-bond donors (Lipinski definition) is 1. The van der Waals surface area contributed by atoms with Crippen molar-refractivity contribution in [3.63, 3.8) is 0 Å². The quantitative estimate of drug-likeness (QED) is 0.690. The van der Waals surface area contributed by atoms with Crippen LogP contribution in [0.25, 0.3) is 0 Å². The second-order valence-electron chi connectivity index (χ2n) is 5.25. The number of aryl methyl sites for hydroxylation is 1. The van der Waals surface area contributed by atoms with Crippen LogP contribution in [-0.4, -0.2) is 24.8 Å². The molecule has 1 N–H and O–H groups in total. The molecule has 0 radical (unpaired) electrons. The topological polar surface area (TPSA) is 64.6 Å². The molecular weight excluding hydrogens is 410 g/mol. The number of esters is 1. The van der Waals surface area contributed by atoms with Crippen molar-refractivity contribution in [3.05, 3.63) is 57.6 Å². The zero-order valence-electron chi connectivity index (χ0n) is 13.7. The average molecular weight is 422 g/mol. The van der Waals surface area contributed by atoms with E-state index in [4.69, 9.17) is 27.9 Å². The van der Waals surface area contributed by atoms with Gasteiger partial charge in [0, 0.05) is 0 Å². The average Bonchev–Trinajstić information content (AvgIpc) is 2.59. The lowest BCUT2D eigenvalue weighted by Crippen LogP contribution is -2.21. The van der Waals surface area contributed by atoms with Crippen molar-refractivity contribution in [3.8, 4) is 5.75 Å². The number of carbonyl (C=O) groups excluding carboxylic acids is 2. The van der Waals surface area contributed by atoms with Crippen LogP contribution < -0.4 is 10.1 Å². The Balaban J connectivity index is 1.94. The van der Waals surface area contributed by atoms with Gasteiger partial charge in [-0.1, -0.05) is 29.3 Å². The van der Waals surface area contributed by atoms with Gasteiger partial charge < -0.3 is 14.8 Å². The second kappa shape index (κ2) is 8.49. The Morgan fingerprint density at radius 2 is 1.70 bits per heavy atom. The number of rotatable bonds is 5. The van der Waals surface area contributed by atoms with E-state index in [0.29, 0.717) is 5.56 Å². The van der Waals surface area contributed by atoms with Crippen LogP contribution in [0.3, 0.4) is 0 Å². The van der Waals surface area contributed by atoms with Gasteiger partial charge in [-0.05, 0) is 42.8 Å². The molecule has 2 aromatic carbocycles. The summed E-state index contributed by atoms with van der Waals surface area (Å²) >= 11 is 12.0. The van der Waals surface area contributed by atoms with Gasteiger partial charge in [0.05, 0.1) is 21.3 Å². The van der Waals surface area contributed by atoms with Crippen molar-refractivity contribution in [2.75, 3.05) is 11.9 Å². The summed E-state index contributed by atoms with van der Waals surface area (Å²) < 4.78 is 44.8. The van der Waals surface area contributed by atoms with Crippen LogP contribution in [0.2, 0.25) is 10.0 Å². The highest BCUT2D eigenvalue weighted by molar-refractivity contribution is 6.40. The number of halogens is 5. The van der Waals surface area contributed by atoms with Gasteiger partial charge >= 0.3 is 12.3 Å². The minimum Gasteiger partial charge on any atom is -0.452 e. The molecular formula is C17H12Cl2F3NO4. The van der Waals surface area contributed by atoms with E-state index in [-0.39, 0.29) is 21.3 Å². The first-order chi connectivity index (χ1) is 12.6. The van der Waals surface area contributed by atoms with Crippen LogP contribution in [0.4, 0.5) is 18.9 Å². The van der Waals surface area contributed by atoms with Crippen molar-refractivity contribution < 1.29 is 32.2 Å². The summed E-state index contributed by atoms with van der Waals surface area (Å²) in [5.74, 6) is -2.07. The van der Waals surface area contributed by atoms with Gasteiger partial charge in [0.1, 0.15) is 5.75 Å². The molecule has 0 aliphatic heterocycles. The van der Waals surface area contributed by atoms with Crippen molar-refractivity contribution in [2.45, 2.75) is 13.3 Å². The molecule has 5 nitrogen and oxygen atoms in total. The summed E-state index contributed by atoms with van der Waals surface area (Å²) in [6.07, 6.45) is -4.83. The number of nitrogens with one attached hydrogen (secondary N) is 1. The molecule has 10 heteroatoms. The summed E-state index contributed by atoms with van der Waals surface area (Å²) in [6.45, 7) is 1.08. The van der Waals surface area contributed by atoms with E-state index in [1.54, 1.807) is 19.1 Å². The van der Waals surface area contributed by atoms with E-state index in [0.717, 1.165) is 24.3 Å². The molecule has 0 fully saturated rings. The van der Waals surface area contributed by atoms with Crippen LogP contribution in [0.1, 0.15) is 15.9 Å². The highest BCUT2D eigenvalue weighted by Gasteiger charge is 2.31. The number of alkyl halides is 3. The van der Waals surface area contributed by atoms with E-state index in [9.17, 15) is 22.8 Å². The third-order valence-corrected chi connectivity index (χ3v) is 4.01. The summed E-state index contributed by atoms with van der Waals surface area (Å²) in [7, 11) is 0. The molecule has 2 rings (SSSR count). The van der Waals surface area contributed by atoms with Crippen LogP contribution in [0, 0.1) is 6.92 Å². The number of carbonyl (C=O) groups is 2. The lowest BCUT2D eigenvalue weighted by molar-refractivity contribution is -0.274. The SMILES string of the molecule is Cc1ccc(Cl)c(NC(=O)COC(=O)c2ccc(OC(F)(F)F)cc2)c1Cl. The number of anilines is 1. The van der Waals surface area contributed by atoms with Gasteiger partial charge in [-0.25, -0.2) is 4.79 Å². The van der Waals surface area contributed by atoms with Crippen molar-refractivity contribution in [2.24, 2.45) is 0 Å². The molecule has 0 bridgehead atoms. The molecule has 0 saturated heterocycles. The minimum atomic E-state index is -4.83. The maximum absolute atomic E-state index is 12.1. The van der Waals surface area contributed by atoms with Gasteiger partial charge in [0.25, 0.3) is 5.91 Å². The molecule has 144 valence electrons. The molecule has 2 aromatic rings. The third-order valence-electron chi connectivity index (χ3n) is 3.21. The van der Waals surface area contributed by atoms with Gasteiger partial charge in [-0.15, -0.1) is 13.2 Å². The van der Waals surface area contributed by atoms with E-state index in [2.05, 4.69) is 10.1 Å². The summed E-state index contributed by atoms with van der Waals surface area (Å²) in [6, 6.07) is 7.29. The Morgan fingerprint density at radius 1 is 1.07 bits per heavy atom. The van der Waals surface area contributed by atoms with Gasteiger partial charge in [-0.2, -0.15) is 0 Å². The summed E-state index contributed by atoms with van der Waals surface area (Å²) in [4.78, 5) is 23.8. The van der Waals surface area contributed by atoms with Crippen molar-refractivity contribution >= 4 is 40.8 Å². The minimum absolute atomic E-state index is 0.0519. The Morgan fingerprint density at radius 3 is 2.30 bits per heavy atom. The van der Waals surface area contributed by atoms with E-state index < -0.39 is 30.6 Å². The Labute approximate surface area is 162 Å². The predicted octanol–water partition coefficient (Wildman–Crippen LogP) is 5.00. The Bertz CT molecular complexity index is 854. The zero-order valence-corrected chi connectivity index (χ0v) is 15.2. The maximum Gasteiger partial charge on any atom is 0.573 e. The van der Waals surface area contributed by atoms with Crippen LogP contribution in [0.5, 0.6) is 5.75 Å². The predicted molar refractivity (Wildman–Crippen MR) is 93.2 cm³/mol. The van der Waals surface area contributed by atoms with Gasteiger partial charge in [-0.3, -0.25) is 4.79 Å².